The number of fused-ring (bicyclic) bond motifs is 1. The first-order chi connectivity index (χ1) is 12.7. The summed E-state index contributed by atoms with van der Waals surface area (Å²) in [5, 5.41) is 4.79. The van der Waals surface area contributed by atoms with Crippen LogP contribution in [0, 0.1) is 11.8 Å². The average Bonchev–Trinajstić information content (AvgIpc) is 2.75. The van der Waals surface area contributed by atoms with Crippen LogP contribution in [-0.2, 0) is 16.1 Å². The Morgan fingerprint density at radius 3 is 2.62 bits per heavy atom. The van der Waals surface area contributed by atoms with Gasteiger partial charge >= 0.3 is 0 Å². The van der Waals surface area contributed by atoms with Gasteiger partial charge in [0.05, 0.1) is 29.4 Å². The van der Waals surface area contributed by atoms with Crippen LogP contribution in [0.1, 0.15) is 44.9 Å². The SMILES string of the molecule is O=C(CC1CCCCCC1)Nc1cn(CC2COC2)c2cccc(Cl)c12. The van der Waals surface area contributed by atoms with Crippen LogP contribution in [0.25, 0.3) is 10.9 Å². The van der Waals surface area contributed by atoms with E-state index in [4.69, 9.17) is 16.3 Å². The summed E-state index contributed by atoms with van der Waals surface area (Å²) in [6, 6.07) is 5.93. The molecule has 140 valence electrons. The number of nitrogens with zero attached hydrogens (tertiary/aromatic N) is 1. The first-order valence-corrected chi connectivity index (χ1v) is 10.2. The molecular formula is C21H27ClN2O2. The van der Waals surface area contributed by atoms with Gasteiger partial charge in [-0.3, -0.25) is 4.79 Å². The lowest BCUT2D eigenvalue weighted by molar-refractivity contribution is -0.117. The Morgan fingerprint density at radius 1 is 1.15 bits per heavy atom. The van der Waals surface area contributed by atoms with E-state index in [2.05, 4.69) is 16.0 Å². The predicted molar refractivity (Wildman–Crippen MR) is 106 cm³/mol. The molecule has 5 heteroatoms. The minimum atomic E-state index is 0.114. The van der Waals surface area contributed by atoms with Gasteiger partial charge < -0.3 is 14.6 Å². The number of nitrogens with one attached hydrogen (secondary N) is 1. The van der Waals surface area contributed by atoms with Gasteiger partial charge in [-0.15, -0.1) is 0 Å². The van der Waals surface area contributed by atoms with E-state index in [1.54, 1.807) is 0 Å². The molecule has 26 heavy (non-hydrogen) atoms. The highest BCUT2D eigenvalue weighted by Gasteiger charge is 2.22. The highest BCUT2D eigenvalue weighted by atomic mass is 35.5. The summed E-state index contributed by atoms with van der Waals surface area (Å²) in [7, 11) is 0. The number of anilines is 1. The molecule has 1 saturated carbocycles. The van der Waals surface area contributed by atoms with Gasteiger partial charge in [-0.1, -0.05) is 43.4 Å². The van der Waals surface area contributed by atoms with E-state index in [9.17, 15) is 4.79 Å². The minimum Gasteiger partial charge on any atom is -0.381 e. The second kappa shape index (κ2) is 8.01. The third kappa shape index (κ3) is 3.91. The molecule has 0 radical (unpaired) electrons. The highest BCUT2D eigenvalue weighted by Crippen LogP contribution is 2.34. The zero-order valence-electron chi connectivity index (χ0n) is 15.2. The van der Waals surface area contributed by atoms with Crippen molar-refractivity contribution >= 4 is 34.1 Å². The van der Waals surface area contributed by atoms with Crippen molar-refractivity contribution in [3.63, 3.8) is 0 Å². The monoisotopic (exact) mass is 374 g/mol. The summed E-state index contributed by atoms with van der Waals surface area (Å²) in [6.45, 7) is 2.52. The molecule has 1 aliphatic carbocycles. The molecule has 2 heterocycles. The predicted octanol–water partition coefficient (Wildman–Crippen LogP) is 5.24. The van der Waals surface area contributed by atoms with Crippen molar-refractivity contribution in [3.05, 3.63) is 29.4 Å². The third-order valence-electron chi connectivity index (χ3n) is 5.74. The summed E-state index contributed by atoms with van der Waals surface area (Å²) in [5.74, 6) is 1.18. The Labute approximate surface area is 159 Å². The van der Waals surface area contributed by atoms with Gasteiger partial charge in [0.15, 0.2) is 0 Å². The summed E-state index contributed by atoms with van der Waals surface area (Å²) >= 11 is 6.47. The number of ether oxygens (including phenoxy) is 1. The van der Waals surface area contributed by atoms with Crippen LogP contribution in [-0.4, -0.2) is 23.7 Å². The van der Waals surface area contributed by atoms with Crippen LogP contribution in [0.4, 0.5) is 5.69 Å². The molecule has 2 aromatic rings. The van der Waals surface area contributed by atoms with Crippen molar-refractivity contribution in [3.8, 4) is 0 Å². The number of halogens is 1. The summed E-state index contributed by atoms with van der Waals surface area (Å²) in [6.07, 6.45) is 10.2. The van der Waals surface area contributed by atoms with Gasteiger partial charge in [0.25, 0.3) is 0 Å². The molecule has 0 bridgehead atoms. The Hall–Kier alpha value is -1.52. The van der Waals surface area contributed by atoms with Crippen LogP contribution in [0.2, 0.25) is 5.02 Å². The number of amides is 1. The number of hydrogen-bond acceptors (Lipinski definition) is 2. The first kappa shape index (κ1) is 17.9. The molecule has 0 spiro atoms. The molecular weight excluding hydrogens is 348 g/mol. The van der Waals surface area contributed by atoms with Gasteiger partial charge in [0.2, 0.25) is 5.91 Å². The fraction of sp³-hybridized carbons (Fsp3) is 0.571. The van der Waals surface area contributed by atoms with E-state index in [0.717, 1.165) is 36.3 Å². The summed E-state index contributed by atoms with van der Waals surface area (Å²) in [5.41, 5.74) is 1.92. The second-order valence-electron chi connectivity index (χ2n) is 7.84. The van der Waals surface area contributed by atoms with Crippen molar-refractivity contribution in [2.75, 3.05) is 18.5 Å². The van der Waals surface area contributed by atoms with Crippen molar-refractivity contribution in [2.24, 2.45) is 11.8 Å². The lowest BCUT2D eigenvalue weighted by atomic mass is 9.96. The average molecular weight is 375 g/mol. The summed E-state index contributed by atoms with van der Waals surface area (Å²) in [4.78, 5) is 12.7. The zero-order chi connectivity index (χ0) is 17.9. The summed E-state index contributed by atoms with van der Waals surface area (Å²) < 4.78 is 7.50. The number of aromatic nitrogens is 1. The quantitative estimate of drug-likeness (QED) is 0.727. The molecule has 1 amide bonds. The molecule has 4 nitrogen and oxygen atoms in total. The molecule has 1 N–H and O–H groups in total. The smallest absolute Gasteiger partial charge is 0.224 e. The van der Waals surface area contributed by atoms with E-state index in [1.807, 2.05) is 18.3 Å². The molecule has 1 aliphatic heterocycles. The fourth-order valence-corrected chi connectivity index (χ4v) is 4.53. The Morgan fingerprint density at radius 2 is 1.92 bits per heavy atom. The third-order valence-corrected chi connectivity index (χ3v) is 6.06. The van der Waals surface area contributed by atoms with Gasteiger partial charge in [-0.25, -0.2) is 0 Å². The molecule has 0 atom stereocenters. The van der Waals surface area contributed by atoms with E-state index in [-0.39, 0.29) is 5.91 Å². The maximum atomic E-state index is 12.7. The van der Waals surface area contributed by atoms with Crippen molar-refractivity contribution in [1.82, 2.24) is 4.57 Å². The first-order valence-electron chi connectivity index (χ1n) is 9.85. The molecule has 2 aliphatic rings. The number of benzene rings is 1. The van der Waals surface area contributed by atoms with Crippen molar-refractivity contribution in [1.29, 1.82) is 0 Å². The zero-order valence-corrected chi connectivity index (χ0v) is 15.9. The Kier molecular flexibility index (Phi) is 5.51. The van der Waals surface area contributed by atoms with E-state index in [1.165, 1.54) is 38.5 Å². The molecule has 2 fully saturated rings. The minimum absolute atomic E-state index is 0.114. The van der Waals surface area contributed by atoms with Gasteiger partial charge in [0, 0.05) is 30.5 Å². The van der Waals surface area contributed by atoms with Crippen molar-refractivity contribution in [2.45, 2.75) is 51.5 Å². The van der Waals surface area contributed by atoms with Gasteiger partial charge in [0.1, 0.15) is 0 Å². The second-order valence-corrected chi connectivity index (χ2v) is 8.25. The number of hydrogen-bond donors (Lipinski definition) is 1. The standard InChI is InChI=1S/C21H27ClN2O2/c22-17-8-5-9-19-21(17)18(12-24(19)11-16-13-26-14-16)23-20(25)10-15-6-3-1-2-4-7-15/h5,8-9,12,15-16H,1-4,6-7,10-11,13-14H2,(H,23,25). The molecule has 1 aromatic carbocycles. The van der Waals surface area contributed by atoms with Crippen LogP contribution >= 0.6 is 11.6 Å². The van der Waals surface area contributed by atoms with Crippen LogP contribution in [0.3, 0.4) is 0 Å². The maximum absolute atomic E-state index is 12.7. The van der Waals surface area contributed by atoms with Crippen LogP contribution in [0.15, 0.2) is 24.4 Å². The molecule has 1 saturated heterocycles. The highest BCUT2D eigenvalue weighted by molar-refractivity contribution is 6.36. The Bertz CT molecular complexity index is 774. The molecule has 0 unspecified atom stereocenters. The number of carbonyl (C=O) groups is 1. The topological polar surface area (TPSA) is 43.3 Å². The number of rotatable bonds is 5. The van der Waals surface area contributed by atoms with Crippen molar-refractivity contribution < 1.29 is 9.53 Å². The lowest BCUT2D eigenvalue weighted by Crippen LogP contribution is -2.31. The van der Waals surface area contributed by atoms with Gasteiger partial charge in [-0.05, 0) is 30.9 Å². The normalized spacial score (nSPS) is 19.3. The largest absolute Gasteiger partial charge is 0.381 e. The van der Waals surface area contributed by atoms with E-state index in [0.29, 0.717) is 23.3 Å². The maximum Gasteiger partial charge on any atom is 0.224 e. The molecule has 4 rings (SSSR count). The van der Waals surface area contributed by atoms with E-state index < -0.39 is 0 Å². The number of carbonyl (C=O) groups excluding carboxylic acids is 1. The van der Waals surface area contributed by atoms with E-state index >= 15 is 0 Å². The lowest BCUT2D eigenvalue weighted by Gasteiger charge is -2.26. The fourth-order valence-electron chi connectivity index (χ4n) is 4.25. The Balaban J connectivity index is 1.52. The molecule has 1 aromatic heterocycles. The van der Waals surface area contributed by atoms with Crippen LogP contribution in [0.5, 0.6) is 0 Å². The van der Waals surface area contributed by atoms with Crippen LogP contribution < -0.4 is 5.32 Å². The van der Waals surface area contributed by atoms with Gasteiger partial charge in [-0.2, -0.15) is 0 Å².